The van der Waals surface area contributed by atoms with Gasteiger partial charge in [-0.15, -0.1) is 0 Å². The molecule has 60 heavy (non-hydrogen) atoms. The van der Waals surface area contributed by atoms with E-state index in [0.717, 1.165) is 38.5 Å². The van der Waals surface area contributed by atoms with Gasteiger partial charge in [0.05, 0.1) is 35.7 Å². The van der Waals surface area contributed by atoms with E-state index in [-0.39, 0.29) is 43.1 Å². The Balaban J connectivity index is 1.15. The van der Waals surface area contributed by atoms with Gasteiger partial charge in [-0.1, -0.05) is 33.6 Å². The molecule has 6 aliphatic rings. The molecule has 0 spiro atoms. The zero-order valence-corrected chi connectivity index (χ0v) is 35.1. The fraction of sp³-hybridized carbons (Fsp3) is 0.707. The SMILES string of the molecule is COc1ccc2c(=O)n3c(nc2c1)O[C@@H]1C[C@@H](C(=O)N[C@]2(C(=O)NS(=O)(=O)C4CC4)C[C@H]2C(F)F)N(C1)C(=O)[C@H](C(C)(C)C)NC(=O)O[C@@H]1C[C@@H]2CC[C@@H]2[C@H]1CCCCC3. The minimum Gasteiger partial charge on any atom is -0.497 e. The smallest absolute Gasteiger partial charge is 0.408 e. The number of alkyl carbamates (subject to hydrolysis) is 1. The van der Waals surface area contributed by atoms with Gasteiger partial charge in [-0.3, -0.25) is 28.5 Å². The van der Waals surface area contributed by atoms with Gasteiger partial charge < -0.3 is 29.7 Å². The number of halogens is 2. The number of amides is 4. The third-order valence-corrected chi connectivity index (χ3v) is 15.4. The number of hydrogen-bond acceptors (Lipinski definition) is 11. The lowest BCUT2D eigenvalue weighted by molar-refractivity contribution is -0.143. The fourth-order valence-corrected chi connectivity index (χ4v) is 11.2. The highest BCUT2D eigenvalue weighted by Gasteiger charge is 2.67. The van der Waals surface area contributed by atoms with Crippen LogP contribution in [0.25, 0.3) is 10.9 Å². The van der Waals surface area contributed by atoms with Crippen LogP contribution in [-0.4, -0.2) is 102 Å². The van der Waals surface area contributed by atoms with E-state index >= 15 is 0 Å². The highest BCUT2D eigenvalue weighted by Crippen LogP contribution is 2.53. The lowest BCUT2D eigenvalue weighted by Crippen LogP contribution is -2.60. The van der Waals surface area contributed by atoms with Crippen LogP contribution in [0.3, 0.4) is 0 Å². The molecule has 5 fully saturated rings. The van der Waals surface area contributed by atoms with E-state index in [4.69, 9.17) is 19.2 Å². The van der Waals surface area contributed by atoms with Crippen LogP contribution in [0, 0.1) is 29.1 Å². The lowest BCUT2D eigenvalue weighted by atomic mass is 9.71. The number of carbonyl (C=O) groups excluding carboxylic acids is 4. The molecule has 0 unspecified atom stereocenters. The Bertz CT molecular complexity index is 2230. The summed E-state index contributed by atoms with van der Waals surface area (Å²) >= 11 is 0. The van der Waals surface area contributed by atoms with Gasteiger partial charge in [0.1, 0.15) is 35.6 Å². The van der Waals surface area contributed by atoms with Gasteiger partial charge in [0, 0.05) is 19.0 Å². The largest absolute Gasteiger partial charge is 0.497 e. The maximum Gasteiger partial charge on any atom is 0.408 e. The minimum absolute atomic E-state index is 0.0522. The number of methoxy groups -OCH3 is 1. The van der Waals surface area contributed by atoms with Crippen molar-refractivity contribution in [3.8, 4) is 11.8 Å². The molecule has 1 aromatic carbocycles. The zero-order valence-electron chi connectivity index (χ0n) is 34.3. The number of benzene rings is 1. The molecule has 328 valence electrons. The molecule has 19 heteroatoms. The first-order chi connectivity index (χ1) is 28.4. The number of sulfonamides is 1. The maximum absolute atomic E-state index is 14.8. The van der Waals surface area contributed by atoms with E-state index < -0.39 is 87.0 Å². The zero-order chi connectivity index (χ0) is 42.9. The molecule has 2 bridgehead atoms. The molecule has 1 saturated heterocycles. The first-order valence-electron chi connectivity index (χ1n) is 21.1. The predicted molar refractivity (Wildman–Crippen MR) is 212 cm³/mol. The summed E-state index contributed by atoms with van der Waals surface area (Å²) in [5.74, 6) is -3.14. The van der Waals surface area contributed by atoms with Crippen molar-refractivity contribution in [1.82, 2.24) is 29.8 Å². The van der Waals surface area contributed by atoms with E-state index in [1.807, 2.05) is 4.72 Å². The second kappa shape index (κ2) is 15.7. The number of nitrogens with one attached hydrogen (secondary N) is 3. The molecule has 1 aromatic heterocycles. The second-order valence-corrected chi connectivity index (χ2v) is 20.6. The van der Waals surface area contributed by atoms with Crippen LogP contribution in [0.15, 0.2) is 23.0 Å². The molecule has 4 aliphatic carbocycles. The van der Waals surface area contributed by atoms with Crippen molar-refractivity contribution in [1.29, 1.82) is 0 Å². The van der Waals surface area contributed by atoms with Gasteiger partial charge in [-0.2, -0.15) is 4.98 Å². The van der Waals surface area contributed by atoms with Crippen molar-refractivity contribution in [3.05, 3.63) is 28.6 Å². The Morgan fingerprint density at radius 1 is 1.02 bits per heavy atom. The minimum atomic E-state index is -4.16. The van der Waals surface area contributed by atoms with Crippen molar-refractivity contribution in [2.75, 3.05) is 13.7 Å². The van der Waals surface area contributed by atoms with E-state index in [2.05, 4.69) is 10.6 Å². The van der Waals surface area contributed by atoms with Crippen molar-refractivity contribution in [2.24, 2.45) is 29.1 Å². The molecular formula is C41H54F2N6O10S. The molecular weight excluding hydrogens is 807 g/mol. The summed E-state index contributed by atoms with van der Waals surface area (Å²) in [6.07, 6.45) is 0.605. The van der Waals surface area contributed by atoms with Crippen LogP contribution in [0.2, 0.25) is 0 Å². The first kappa shape index (κ1) is 42.2. The standard InChI is InChI=1S/C41H54F2N6O10S/c1-40(2,3)32-36(52)49-20-23(18-30(49)34(50)46-41(19-28(41)33(42)43)37(53)47-60(55,56)24-11-12-24)58-38-44-29-17-22(57-4)10-14-27(29)35(51)48(38)15-7-5-6-8-26-25-13-9-21(25)16-31(26)59-39(54)45-32/h10,14,17,21,23-26,28,30-33H,5-9,11-13,15-16,18-20H2,1-4H3,(H,45,54)(H,46,50)(H,47,53)/t21-,23+,25-,26+,28-,30-,31+,32+,41+/m0/s1. The van der Waals surface area contributed by atoms with Gasteiger partial charge in [0.25, 0.3) is 17.5 Å². The van der Waals surface area contributed by atoms with Crippen LogP contribution in [0.5, 0.6) is 11.8 Å². The lowest BCUT2D eigenvalue weighted by Gasteiger charge is -2.36. The van der Waals surface area contributed by atoms with Crippen LogP contribution in [0.4, 0.5) is 13.6 Å². The second-order valence-electron chi connectivity index (χ2n) is 18.6. The van der Waals surface area contributed by atoms with Crippen LogP contribution in [-0.2, 0) is 35.7 Å². The monoisotopic (exact) mass is 860 g/mol. The average Bonchev–Trinajstić information content (AvgIpc) is 4.09. The summed E-state index contributed by atoms with van der Waals surface area (Å²) in [7, 11) is -2.68. The molecule has 4 saturated carbocycles. The summed E-state index contributed by atoms with van der Waals surface area (Å²) in [6.45, 7) is 5.21. The Hall–Kier alpha value is -4.55. The normalized spacial score (nSPS) is 32.2. The third kappa shape index (κ3) is 8.01. The van der Waals surface area contributed by atoms with Gasteiger partial charge in [-0.05, 0) is 86.7 Å². The molecule has 8 rings (SSSR count). The highest BCUT2D eigenvalue weighted by molar-refractivity contribution is 7.91. The maximum atomic E-state index is 14.8. The molecule has 2 aromatic rings. The van der Waals surface area contributed by atoms with Crippen LogP contribution < -0.4 is 30.4 Å². The number of hydrogen-bond donors (Lipinski definition) is 3. The number of aromatic nitrogens is 2. The van der Waals surface area contributed by atoms with Crippen molar-refractivity contribution < 1.29 is 50.6 Å². The predicted octanol–water partition coefficient (Wildman–Crippen LogP) is 3.63. The average molecular weight is 861 g/mol. The van der Waals surface area contributed by atoms with Crippen molar-refractivity contribution in [2.45, 2.75) is 139 Å². The fourth-order valence-electron chi connectivity index (χ4n) is 9.82. The summed E-state index contributed by atoms with van der Waals surface area (Å²) in [6, 6.07) is 2.15. The molecule has 0 radical (unpaired) electrons. The summed E-state index contributed by atoms with van der Waals surface area (Å²) in [5.41, 5.74) is -3.24. The summed E-state index contributed by atoms with van der Waals surface area (Å²) < 4.78 is 75.2. The highest BCUT2D eigenvalue weighted by atomic mass is 32.2. The summed E-state index contributed by atoms with van der Waals surface area (Å²) in [4.78, 5) is 76.4. The van der Waals surface area contributed by atoms with Crippen LogP contribution in [0.1, 0.15) is 91.4 Å². The van der Waals surface area contributed by atoms with E-state index in [1.165, 1.54) is 16.6 Å². The number of carbonyl (C=O) groups is 4. The molecule has 2 aliphatic heterocycles. The Labute approximate surface area is 346 Å². The molecule has 16 nitrogen and oxygen atoms in total. The van der Waals surface area contributed by atoms with Gasteiger partial charge in [0.15, 0.2) is 0 Å². The quantitative estimate of drug-likeness (QED) is 0.367. The molecule has 9 atom stereocenters. The Morgan fingerprint density at radius 2 is 1.78 bits per heavy atom. The van der Waals surface area contributed by atoms with Gasteiger partial charge in [0.2, 0.25) is 28.3 Å². The Kier molecular flexibility index (Phi) is 11.1. The molecule has 3 heterocycles. The number of alkyl halides is 2. The topological polar surface area (TPSA) is 204 Å². The number of nitrogens with zero attached hydrogens (tertiary/aromatic N) is 3. The van der Waals surface area contributed by atoms with Crippen molar-refractivity contribution >= 4 is 44.7 Å². The van der Waals surface area contributed by atoms with Gasteiger partial charge in [-0.25, -0.2) is 22.0 Å². The van der Waals surface area contributed by atoms with Crippen molar-refractivity contribution in [3.63, 3.8) is 0 Å². The summed E-state index contributed by atoms with van der Waals surface area (Å²) in [5, 5.41) is 4.72. The van der Waals surface area contributed by atoms with Crippen LogP contribution >= 0.6 is 0 Å². The number of rotatable bonds is 7. The number of ether oxygens (including phenoxy) is 3. The number of fused-ring (bicyclic) bond motifs is 7. The van der Waals surface area contributed by atoms with E-state index in [1.54, 1.807) is 39.0 Å². The van der Waals surface area contributed by atoms with E-state index in [0.29, 0.717) is 47.8 Å². The third-order valence-electron chi connectivity index (χ3n) is 13.6. The van der Waals surface area contributed by atoms with Gasteiger partial charge >= 0.3 is 6.09 Å². The Morgan fingerprint density at radius 3 is 2.43 bits per heavy atom. The molecule has 4 amide bonds. The van der Waals surface area contributed by atoms with E-state index in [9.17, 15) is 41.2 Å². The molecule has 3 N–H and O–H groups in total. The first-order valence-corrected chi connectivity index (χ1v) is 22.6.